The van der Waals surface area contributed by atoms with Crippen LogP contribution in [0.4, 0.5) is 0 Å². The number of hydrogen-bond acceptors (Lipinski definition) is 5. The molecule has 0 aliphatic heterocycles. The van der Waals surface area contributed by atoms with Gasteiger partial charge < -0.3 is 4.42 Å². The summed E-state index contributed by atoms with van der Waals surface area (Å²) in [4.78, 5) is 20.2. The van der Waals surface area contributed by atoms with Crippen molar-refractivity contribution in [2.24, 2.45) is 0 Å². The van der Waals surface area contributed by atoms with Crippen molar-refractivity contribution in [3.8, 4) is 67.9 Å². The number of aromatic nitrogens is 4. The molecule has 10 rings (SSSR count). The van der Waals surface area contributed by atoms with Gasteiger partial charge in [-0.05, 0) is 68.7 Å². The molecule has 2 heterocycles. The average molecular weight is 679 g/mol. The van der Waals surface area contributed by atoms with E-state index in [-0.39, 0.29) is 0 Å². The van der Waals surface area contributed by atoms with Gasteiger partial charge in [0.2, 0.25) is 5.89 Å². The van der Waals surface area contributed by atoms with E-state index < -0.39 is 0 Å². The molecule has 0 aliphatic rings. The Morgan fingerprint density at radius 2 is 0.868 bits per heavy atom. The first-order valence-corrected chi connectivity index (χ1v) is 17.6. The van der Waals surface area contributed by atoms with Crippen molar-refractivity contribution in [1.29, 1.82) is 0 Å². The third-order valence-corrected chi connectivity index (χ3v) is 9.75. The molecule has 8 aromatic carbocycles. The second kappa shape index (κ2) is 12.8. The van der Waals surface area contributed by atoms with Gasteiger partial charge in [0.15, 0.2) is 23.1 Å². The van der Waals surface area contributed by atoms with Gasteiger partial charge in [0.1, 0.15) is 5.52 Å². The van der Waals surface area contributed by atoms with E-state index in [1.54, 1.807) is 0 Å². The number of rotatable bonds is 6. The molecule has 10 aromatic rings. The maximum Gasteiger partial charge on any atom is 0.227 e. The third kappa shape index (κ3) is 5.61. The lowest BCUT2D eigenvalue weighted by molar-refractivity contribution is 0.623. The minimum atomic E-state index is 0.593. The molecule has 0 amide bonds. The summed E-state index contributed by atoms with van der Waals surface area (Å²) in [5.74, 6) is 2.41. The van der Waals surface area contributed by atoms with Crippen molar-refractivity contribution in [2.45, 2.75) is 0 Å². The largest absolute Gasteiger partial charge is 0.435 e. The lowest BCUT2D eigenvalue weighted by Crippen LogP contribution is -2.01. The summed E-state index contributed by atoms with van der Waals surface area (Å²) in [6, 6.07) is 62.4. The Labute approximate surface area is 305 Å². The molecule has 248 valence electrons. The van der Waals surface area contributed by atoms with Gasteiger partial charge in [-0.15, -0.1) is 0 Å². The van der Waals surface area contributed by atoms with Gasteiger partial charge in [-0.3, -0.25) is 0 Å². The molecular weight excluding hydrogens is 649 g/mol. The Morgan fingerprint density at radius 3 is 1.60 bits per heavy atom. The second-order valence-corrected chi connectivity index (χ2v) is 13.1. The van der Waals surface area contributed by atoms with Crippen LogP contribution in [0.25, 0.3) is 101 Å². The zero-order valence-electron chi connectivity index (χ0n) is 28.5. The molecular formula is C48H30N4O. The summed E-state index contributed by atoms with van der Waals surface area (Å²) in [7, 11) is 0. The summed E-state index contributed by atoms with van der Waals surface area (Å²) in [6.45, 7) is 0. The van der Waals surface area contributed by atoms with Crippen LogP contribution in [0.2, 0.25) is 0 Å². The zero-order chi connectivity index (χ0) is 35.1. The quantitative estimate of drug-likeness (QED) is 0.175. The van der Waals surface area contributed by atoms with Crippen molar-refractivity contribution in [1.82, 2.24) is 19.9 Å². The van der Waals surface area contributed by atoms with Gasteiger partial charge in [-0.25, -0.2) is 19.9 Å². The van der Waals surface area contributed by atoms with E-state index in [9.17, 15) is 0 Å². The highest BCUT2D eigenvalue weighted by atomic mass is 16.3. The van der Waals surface area contributed by atoms with Gasteiger partial charge in [-0.1, -0.05) is 152 Å². The van der Waals surface area contributed by atoms with Gasteiger partial charge in [0, 0.05) is 27.6 Å². The smallest absolute Gasteiger partial charge is 0.227 e. The van der Waals surface area contributed by atoms with Gasteiger partial charge in [-0.2, -0.15) is 0 Å². The first-order chi connectivity index (χ1) is 26.2. The topological polar surface area (TPSA) is 64.7 Å². The van der Waals surface area contributed by atoms with Crippen molar-refractivity contribution in [2.75, 3.05) is 0 Å². The second-order valence-electron chi connectivity index (χ2n) is 13.1. The molecule has 0 saturated carbocycles. The molecule has 0 N–H and O–H groups in total. The van der Waals surface area contributed by atoms with Crippen LogP contribution in [-0.2, 0) is 0 Å². The lowest BCUT2D eigenvalue weighted by Gasteiger charge is -2.14. The molecule has 5 nitrogen and oxygen atoms in total. The number of hydrogen-bond donors (Lipinski definition) is 0. The highest BCUT2D eigenvalue weighted by molar-refractivity contribution is 6.12. The highest BCUT2D eigenvalue weighted by Gasteiger charge is 2.20. The lowest BCUT2D eigenvalue weighted by atomic mass is 9.93. The van der Waals surface area contributed by atoms with Crippen LogP contribution < -0.4 is 0 Å². The van der Waals surface area contributed by atoms with E-state index in [0.29, 0.717) is 23.4 Å². The van der Waals surface area contributed by atoms with Crippen LogP contribution in [0.1, 0.15) is 0 Å². The Balaban J connectivity index is 1.14. The van der Waals surface area contributed by atoms with E-state index in [0.717, 1.165) is 66.0 Å². The zero-order valence-corrected chi connectivity index (χ0v) is 28.5. The molecule has 2 aromatic heterocycles. The van der Waals surface area contributed by atoms with E-state index in [1.165, 1.54) is 11.1 Å². The molecule has 5 heteroatoms. The predicted molar refractivity (Wildman–Crippen MR) is 215 cm³/mol. The molecule has 0 radical (unpaired) electrons. The highest BCUT2D eigenvalue weighted by Crippen LogP contribution is 2.40. The SMILES string of the molecule is c1ccc(-c2ccc3cc(-c4nc(-c5ccccc5)nc(-c5ccccc5-c5cccc6ccc7nc(-c8ccccc8)oc7c56)n4)ccc3c2)cc1. The first kappa shape index (κ1) is 30.6. The summed E-state index contributed by atoms with van der Waals surface area (Å²) in [5.41, 5.74) is 9.62. The molecule has 0 fully saturated rings. The summed E-state index contributed by atoms with van der Waals surface area (Å²) >= 11 is 0. The molecule has 0 bridgehead atoms. The van der Waals surface area contributed by atoms with Crippen LogP contribution in [0.15, 0.2) is 186 Å². The fraction of sp³-hybridized carbons (Fsp3) is 0. The Kier molecular flexibility index (Phi) is 7.40. The standard InChI is InChI=1S/C48H30N4O/c1-4-13-31(14-5-1)35-23-24-37-30-38(26-25-36(37)29-35)46-50-45(33-15-6-2-7-16-33)51-47(52-46)41-21-11-10-20-39(41)40-22-12-19-32-27-28-42-44(43(32)40)53-48(49-42)34-17-8-3-9-18-34/h1-30H. The minimum Gasteiger partial charge on any atom is -0.435 e. The average Bonchev–Trinajstić information content (AvgIpc) is 3.69. The number of nitrogens with zero attached hydrogens (tertiary/aromatic N) is 4. The minimum absolute atomic E-state index is 0.593. The van der Waals surface area contributed by atoms with Crippen molar-refractivity contribution in [3.05, 3.63) is 182 Å². The normalized spacial score (nSPS) is 11.4. The Hall–Kier alpha value is -7.24. The van der Waals surface area contributed by atoms with Crippen LogP contribution in [0.3, 0.4) is 0 Å². The van der Waals surface area contributed by atoms with Crippen LogP contribution in [0, 0.1) is 0 Å². The Bertz CT molecular complexity index is 2940. The fourth-order valence-electron chi connectivity index (χ4n) is 7.13. The number of benzene rings is 8. The van der Waals surface area contributed by atoms with E-state index in [4.69, 9.17) is 24.4 Å². The molecule has 0 unspecified atom stereocenters. The van der Waals surface area contributed by atoms with Gasteiger partial charge >= 0.3 is 0 Å². The summed E-state index contributed by atoms with van der Waals surface area (Å²) in [5, 5.41) is 4.33. The van der Waals surface area contributed by atoms with E-state index >= 15 is 0 Å². The van der Waals surface area contributed by atoms with Crippen LogP contribution in [-0.4, -0.2) is 19.9 Å². The maximum absolute atomic E-state index is 6.54. The van der Waals surface area contributed by atoms with E-state index in [1.807, 2.05) is 78.9 Å². The van der Waals surface area contributed by atoms with Crippen molar-refractivity contribution < 1.29 is 4.42 Å². The summed E-state index contributed by atoms with van der Waals surface area (Å²) < 4.78 is 6.54. The fourth-order valence-corrected chi connectivity index (χ4v) is 7.13. The molecule has 0 spiro atoms. The van der Waals surface area contributed by atoms with Crippen LogP contribution >= 0.6 is 0 Å². The van der Waals surface area contributed by atoms with Crippen molar-refractivity contribution in [3.63, 3.8) is 0 Å². The van der Waals surface area contributed by atoms with Crippen LogP contribution in [0.5, 0.6) is 0 Å². The monoisotopic (exact) mass is 678 g/mol. The number of fused-ring (bicyclic) bond motifs is 4. The third-order valence-electron chi connectivity index (χ3n) is 9.75. The van der Waals surface area contributed by atoms with Crippen molar-refractivity contribution >= 4 is 32.6 Å². The molecule has 53 heavy (non-hydrogen) atoms. The van der Waals surface area contributed by atoms with Gasteiger partial charge in [0.25, 0.3) is 0 Å². The summed E-state index contributed by atoms with van der Waals surface area (Å²) in [6.07, 6.45) is 0. The maximum atomic E-state index is 6.54. The van der Waals surface area contributed by atoms with E-state index in [2.05, 4.69) is 103 Å². The van der Waals surface area contributed by atoms with Gasteiger partial charge in [0.05, 0.1) is 0 Å². The predicted octanol–water partition coefficient (Wildman–Crippen LogP) is 12.3. The molecule has 0 aliphatic carbocycles. The molecule has 0 saturated heterocycles. The molecule has 0 atom stereocenters. The number of oxazole rings is 1. The Morgan fingerprint density at radius 1 is 0.321 bits per heavy atom. The first-order valence-electron chi connectivity index (χ1n) is 17.6.